The summed E-state index contributed by atoms with van der Waals surface area (Å²) in [5.74, 6) is 0. The molecule has 1 N–H and O–H groups in total. The number of nitrogens with one attached hydrogen (secondary N) is 1. The molecule has 1 aromatic heterocycles. The molecule has 1 saturated carbocycles. The molecule has 1 aliphatic rings. The zero-order valence-electron chi connectivity index (χ0n) is 10.3. The molecule has 96 valence electrons. The minimum Gasteiger partial charge on any atom is -0.310 e. The van der Waals surface area contributed by atoms with Crippen LogP contribution in [0.1, 0.15) is 17.7 Å². The third-order valence-corrected chi connectivity index (χ3v) is 6.71. The molecule has 0 spiro atoms. The van der Waals surface area contributed by atoms with Crippen molar-refractivity contribution in [2.24, 2.45) is 0 Å². The Morgan fingerprint density at radius 1 is 1.39 bits per heavy atom. The first-order chi connectivity index (χ1) is 8.74. The Morgan fingerprint density at radius 3 is 2.83 bits per heavy atom. The molecule has 1 aromatic carbocycles. The van der Waals surface area contributed by atoms with Crippen LogP contribution in [0.25, 0.3) is 10.1 Å². The van der Waals surface area contributed by atoms with E-state index in [-0.39, 0.29) is 0 Å². The molecule has 0 bridgehead atoms. The molecule has 2 aromatic rings. The van der Waals surface area contributed by atoms with Gasteiger partial charge in [0.05, 0.1) is 5.02 Å². The van der Waals surface area contributed by atoms with Crippen LogP contribution < -0.4 is 5.32 Å². The average molecular weight is 298 g/mol. The third kappa shape index (κ3) is 2.42. The monoisotopic (exact) mass is 297 g/mol. The first-order valence-electron chi connectivity index (χ1n) is 6.16. The van der Waals surface area contributed by atoms with Crippen molar-refractivity contribution in [2.45, 2.75) is 24.1 Å². The highest BCUT2D eigenvalue weighted by atomic mass is 35.5. The SMILES string of the molecule is CSC1(CNCc2sc3ccccc3c2Cl)CC1. The summed E-state index contributed by atoms with van der Waals surface area (Å²) in [6.45, 7) is 1.99. The van der Waals surface area contributed by atoms with Gasteiger partial charge in [-0.3, -0.25) is 0 Å². The Morgan fingerprint density at radius 2 is 2.17 bits per heavy atom. The Balaban J connectivity index is 1.69. The van der Waals surface area contributed by atoms with Crippen LogP contribution in [0, 0.1) is 0 Å². The molecule has 18 heavy (non-hydrogen) atoms. The second kappa shape index (κ2) is 5.04. The Hall–Kier alpha value is -0.220. The minimum absolute atomic E-state index is 0.517. The summed E-state index contributed by atoms with van der Waals surface area (Å²) < 4.78 is 1.80. The Kier molecular flexibility index (Phi) is 3.59. The number of thioether (sulfide) groups is 1. The van der Waals surface area contributed by atoms with E-state index in [1.807, 2.05) is 17.8 Å². The van der Waals surface area contributed by atoms with Crippen molar-refractivity contribution in [1.29, 1.82) is 0 Å². The fourth-order valence-corrected chi connectivity index (χ4v) is 4.40. The van der Waals surface area contributed by atoms with E-state index in [0.717, 1.165) is 18.1 Å². The van der Waals surface area contributed by atoms with E-state index < -0.39 is 0 Å². The van der Waals surface area contributed by atoms with E-state index in [1.54, 1.807) is 11.3 Å². The summed E-state index contributed by atoms with van der Waals surface area (Å²) in [6.07, 6.45) is 4.91. The Bertz CT molecular complexity index is 560. The summed E-state index contributed by atoms with van der Waals surface area (Å²) in [5, 5.41) is 5.68. The van der Waals surface area contributed by atoms with Crippen LogP contribution in [0.5, 0.6) is 0 Å². The summed E-state index contributed by atoms with van der Waals surface area (Å²) in [5.41, 5.74) is 0. The maximum absolute atomic E-state index is 6.42. The van der Waals surface area contributed by atoms with Gasteiger partial charge in [-0.25, -0.2) is 0 Å². The molecule has 1 aliphatic carbocycles. The largest absolute Gasteiger partial charge is 0.310 e. The molecule has 1 heterocycles. The second-order valence-corrected chi connectivity index (χ2v) is 7.62. The molecule has 0 aliphatic heterocycles. The average Bonchev–Trinajstić information content (AvgIpc) is 3.11. The van der Waals surface area contributed by atoms with Crippen LogP contribution in [0.3, 0.4) is 0 Å². The molecular formula is C14H16ClNS2. The van der Waals surface area contributed by atoms with E-state index in [0.29, 0.717) is 4.75 Å². The molecule has 0 atom stereocenters. The lowest BCUT2D eigenvalue weighted by atomic mass is 10.2. The van der Waals surface area contributed by atoms with Crippen LogP contribution in [-0.2, 0) is 6.54 Å². The van der Waals surface area contributed by atoms with Crippen LogP contribution in [0.4, 0.5) is 0 Å². The van der Waals surface area contributed by atoms with Gasteiger partial charge in [0.2, 0.25) is 0 Å². The zero-order valence-corrected chi connectivity index (χ0v) is 12.7. The standard InChI is InChI=1S/C14H16ClNS2/c1-17-14(6-7-14)9-16-8-12-13(15)10-4-2-3-5-11(10)18-12/h2-5,16H,6-9H2,1H3. The van der Waals surface area contributed by atoms with Crippen molar-refractivity contribution in [3.05, 3.63) is 34.2 Å². The molecule has 4 heteroatoms. The van der Waals surface area contributed by atoms with Gasteiger partial charge in [0.1, 0.15) is 0 Å². The molecule has 0 unspecified atom stereocenters. The summed E-state index contributed by atoms with van der Waals surface area (Å²) >= 11 is 10.2. The molecule has 0 amide bonds. The number of hydrogen-bond donors (Lipinski definition) is 1. The first-order valence-corrected chi connectivity index (χ1v) is 8.58. The topological polar surface area (TPSA) is 12.0 Å². The number of benzene rings is 1. The fourth-order valence-electron chi connectivity index (χ4n) is 2.17. The van der Waals surface area contributed by atoms with Gasteiger partial charge in [-0.15, -0.1) is 11.3 Å². The predicted octanol–water partition coefficient (Wildman–Crippen LogP) is 4.54. The number of thiophene rings is 1. The smallest absolute Gasteiger partial charge is 0.0636 e. The predicted molar refractivity (Wildman–Crippen MR) is 84.0 cm³/mol. The number of fused-ring (bicyclic) bond motifs is 1. The van der Waals surface area contributed by atoms with Gasteiger partial charge in [-0.05, 0) is 25.2 Å². The molecule has 1 nitrogen and oxygen atoms in total. The maximum atomic E-state index is 6.42. The van der Waals surface area contributed by atoms with E-state index in [9.17, 15) is 0 Å². The maximum Gasteiger partial charge on any atom is 0.0636 e. The van der Waals surface area contributed by atoms with Crippen molar-refractivity contribution in [3.8, 4) is 0 Å². The number of halogens is 1. The van der Waals surface area contributed by atoms with E-state index >= 15 is 0 Å². The summed E-state index contributed by atoms with van der Waals surface area (Å²) in [6, 6.07) is 8.35. The second-order valence-electron chi connectivity index (χ2n) is 4.83. The highest BCUT2D eigenvalue weighted by Crippen LogP contribution is 2.46. The van der Waals surface area contributed by atoms with E-state index in [1.165, 1.54) is 27.8 Å². The van der Waals surface area contributed by atoms with Gasteiger partial charge in [-0.2, -0.15) is 11.8 Å². The molecular weight excluding hydrogens is 282 g/mol. The van der Waals surface area contributed by atoms with Gasteiger partial charge in [-0.1, -0.05) is 29.8 Å². The van der Waals surface area contributed by atoms with Crippen LogP contribution in [0.2, 0.25) is 5.02 Å². The van der Waals surface area contributed by atoms with E-state index in [2.05, 4.69) is 29.8 Å². The molecule has 3 rings (SSSR count). The molecule has 0 saturated heterocycles. The van der Waals surface area contributed by atoms with Gasteiger partial charge < -0.3 is 5.32 Å². The summed E-state index contributed by atoms with van der Waals surface area (Å²) in [7, 11) is 0. The van der Waals surface area contributed by atoms with Gasteiger partial charge >= 0.3 is 0 Å². The molecule has 0 radical (unpaired) electrons. The van der Waals surface area contributed by atoms with Crippen molar-refractivity contribution < 1.29 is 0 Å². The number of rotatable bonds is 5. The Labute approximate surface area is 121 Å². The lowest BCUT2D eigenvalue weighted by molar-refractivity contribution is 0.669. The fraction of sp³-hybridized carbons (Fsp3) is 0.429. The van der Waals surface area contributed by atoms with Crippen LogP contribution in [-0.4, -0.2) is 17.5 Å². The third-order valence-electron chi connectivity index (χ3n) is 3.57. The van der Waals surface area contributed by atoms with Gasteiger partial charge in [0.15, 0.2) is 0 Å². The lowest BCUT2D eigenvalue weighted by Gasteiger charge is -2.12. The molecule has 1 fully saturated rings. The van der Waals surface area contributed by atoms with Crippen molar-refractivity contribution in [2.75, 3.05) is 12.8 Å². The van der Waals surface area contributed by atoms with Gasteiger partial charge in [0.25, 0.3) is 0 Å². The van der Waals surface area contributed by atoms with Crippen molar-refractivity contribution in [3.63, 3.8) is 0 Å². The van der Waals surface area contributed by atoms with Gasteiger partial charge in [0, 0.05) is 32.8 Å². The van der Waals surface area contributed by atoms with Crippen LogP contribution >= 0.6 is 34.7 Å². The quantitative estimate of drug-likeness (QED) is 0.869. The van der Waals surface area contributed by atoms with Crippen molar-refractivity contribution in [1.82, 2.24) is 5.32 Å². The summed E-state index contributed by atoms with van der Waals surface area (Å²) in [4.78, 5) is 1.26. The normalized spacial score (nSPS) is 17.2. The van der Waals surface area contributed by atoms with Crippen LogP contribution in [0.15, 0.2) is 24.3 Å². The van der Waals surface area contributed by atoms with Crippen molar-refractivity contribution >= 4 is 44.8 Å². The zero-order chi connectivity index (χ0) is 12.6. The highest BCUT2D eigenvalue weighted by Gasteiger charge is 2.41. The lowest BCUT2D eigenvalue weighted by Crippen LogP contribution is -2.25. The minimum atomic E-state index is 0.517. The highest BCUT2D eigenvalue weighted by molar-refractivity contribution is 8.00. The van der Waals surface area contributed by atoms with E-state index in [4.69, 9.17) is 11.6 Å². The number of hydrogen-bond acceptors (Lipinski definition) is 3. The first kappa shape index (κ1) is 12.8.